The van der Waals surface area contributed by atoms with Crippen LogP contribution in [0.15, 0.2) is 42.5 Å². The van der Waals surface area contributed by atoms with E-state index in [9.17, 15) is 14.9 Å². The van der Waals surface area contributed by atoms with Crippen LogP contribution in [0.1, 0.15) is 0 Å². The molecule has 1 aliphatic heterocycles. The molecular weight excluding hydrogens is 393 g/mol. The highest BCUT2D eigenvalue weighted by atomic mass is 35.5. The third-order valence-corrected chi connectivity index (χ3v) is 4.84. The molecule has 0 N–H and O–H groups in total. The van der Waals surface area contributed by atoms with E-state index in [0.717, 1.165) is 0 Å². The van der Waals surface area contributed by atoms with Crippen LogP contribution in [-0.4, -0.2) is 48.5 Å². The second kappa shape index (κ2) is 8.45. The first-order chi connectivity index (χ1) is 13.0. The Morgan fingerprint density at radius 2 is 1.81 bits per heavy atom. The Morgan fingerprint density at radius 3 is 2.48 bits per heavy atom. The molecule has 7 nitrogen and oxygen atoms in total. The van der Waals surface area contributed by atoms with E-state index in [1.54, 1.807) is 41.3 Å². The summed E-state index contributed by atoms with van der Waals surface area (Å²) in [6.45, 7) is 1.76. The zero-order chi connectivity index (χ0) is 19.4. The summed E-state index contributed by atoms with van der Waals surface area (Å²) in [5, 5.41) is 12.0. The number of halogens is 2. The van der Waals surface area contributed by atoms with Gasteiger partial charge in [-0.1, -0.05) is 35.3 Å². The fourth-order valence-electron chi connectivity index (χ4n) is 2.90. The number of hydrogen-bond acceptors (Lipinski definition) is 5. The number of carbonyl (C=O) groups excluding carboxylic acids is 1. The van der Waals surface area contributed by atoms with Crippen LogP contribution in [0.5, 0.6) is 5.75 Å². The zero-order valence-electron chi connectivity index (χ0n) is 14.3. The molecule has 1 heterocycles. The van der Waals surface area contributed by atoms with Gasteiger partial charge in [-0.25, -0.2) is 0 Å². The highest BCUT2D eigenvalue weighted by Crippen LogP contribution is 2.31. The molecule has 1 saturated heterocycles. The number of carbonyl (C=O) groups is 1. The molecule has 2 aromatic carbocycles. The lowest BCUT2D eigenvalue weighted by Crippen LogP contribution is -2.50. The highest BCUT2D eigenvalue weighted by Gasteiger charge is 2.26. The molecule has 142 valence electrons. The number of nitrogens with zero attached hydrogens (tertiary/aromatic N) is 3. The minimum atomic E-state index is -0.448. The van der Waals surface area contributed by atoms with Gasteiger partial charge < -0.3 is 14.5 Å². The van der Waals surface area contributed by atoms with Gasteiger partial charge in [-0.15, -0.1) is 0 Å². The van der Waals surface area contributed by atoms with E-state index in [2.05, 4.69) is 0 Å². The summed E-state index contributed by atoms with van der Waals surface area (Å²) in [7, 11) is 0. The lowest BCUT2D eigenvalue weighted by molar-refractivity contribution is -0.384. The molecule has 0 atom stereocenters. The quantitative estimate of drug-likeness (QED) is 0.556. The maximum atomic E-state index is 12.4. The number of anilines is 1. The first-order valence-electron chi connectivity index (χ1n) is 8.29. The van der Waals surface area contributed by atoms with Gasteiger partial charge in [-0.05, 0) is 24.3 Å². The minimum absolute atomic E-state index is 0.0377. The van der Waals surface area contributed by atoms with Crippen LogP contribution in [0.25, 0.3) is 0 Å². The van der Waals surface area contributed by atoms with Gasteiger partial charge in [0, 0.05) is 37.3 Å². The summed E-state index contributed by atoms with van der Waals surface area (Å²) >= 11 is 11.9. The largest absolute Gasteiger partial charge is 0.482 e. The van der Waals surface area contributed by atoms with Crippen molar-refractivity contribution in [3.05, 3.63) is 62.6 Å². The van der Waals surface area contributed by atoms with Gasteiger partial charge in [-0.3, -0.25) is 14.9 Å². The molecule has 0 saturated carbocycles. The molecule has 3 rings (SSSR count). The fraction of sp³-hybridized carbons (Fsp3) is 0.278. The van der Waals surface area contributed by atoms with Gasteiger partial charge in [0.2, 0.25) is 0 Å². The molecule has 0 bridgehead atoms. The molecule has 0 unspecified atom stereocenters. The van der Waals surface area contributed by atoms with Crippen molar-refractivity contribution in [3.8, 4) is 5.75 Å². The normalized spacial score (nSPS) is 14.1. The number of nitro groups is 1. The topological polar surface area (TPSA) is 75.9 Å². The van der Waals surface area contributed by atoms with Crippen LogP contribution in [0.4, 0.5) is 11.4 Å². The van der Waals surface area contributed by atoms with Crippen LogP contribution < -0.4 is 9.64 Å². The molecule has 1 fully saturated rings. The number of nitro benzene ring substituents is 1. The molecule has 27 heavy (non-hydrogen) atoms. The number of rotatable bonds is 5. The van der Waals surface area contributed by atoms with Crippen molar-refractivity contribution in [3.63, 3.8) is 0 Å². The standard InChI is InChI=1S/C18H17Cl2N3O4/c19-13-5-6-15(16(11-13)23(25)26)21-7-9-22(10-8-21)18(24)12-27-17-4-2-1-3-14(17)20/h1-6,11H,7-10,12H2. The Morgan fingerprint density at radius 1 is 1.11 bits per heavy atom. The van der Waals surface area contributed by atoms with Crippen molar-refractivity contribution in [1.29, 1.82) is 0 Å². The smallest absolute Gasteiger partial charge is 0.294 e. The predicted molar refractivity (Wildman–Crippen MR) is 104 cm³/mol. The van der Waals surface area contributed by atoms with Crippen molar-refractivity contribution in [2.24, 2.45) is 0 Å². The third kappa shape index (κ3) is 4.61. The number of hydrogen-bond donors (Lipinski definition) is 0. The van der Waals surface area contributed by atoms with Crippen LogP contribution in [-0.2, 0) is 4.79 Å². The average Bonchev–Trinajstić information content (AvgIpc) is 2.67. The van der Waals surface area contributed by atoms with Gasteiger partial charge in [0.1, 0.15) is 11.4 Å². The molecule has 9 heteroatoms. The Bertz CT molecular complexity index is 854. The summed E-state index contributed by atoms with van der Waals surface area (Å²) in [5.74, 6) is 0.308. The highest BCUT2D eigenvalue weighted by molar-refractivity contribution is 6.32. The molecule has 0 aromatic heterocycles. The predicted octanol–water partition coefficient (Wildman–Crippen LogP) is 3.63. The summed E-state index contributed by atoms with van der Waals surface area (Å²) in [6, 6.07) is 11.6. The van der Waals surface area contributed by atoms with Crippen molar-refractivity contribution >= 4 is 40.5 Å². The zero-order valence-corrected chi connectivity index (χ0v) is 15.8. The van der Waals surface area contributed by atoms with Gasteiger partial charge in [0.25, 0.3) is 11.6 Å². The molecule has 1 aliphatic rings. The number of amides is 1. The fourth-order valence-corrected chi connectivity index (χ4v) is 3.26. The summed E-state index contributed by atoms with van der Waals surface area (Å²) in [4.78, 5) is 26.7. The lowest BCUT2D eigenvalue weighted by atomic mass is 10.2. The average molecular weight is 410 g/mol. The van der Waals surface area contributed by atoms with Crippen LogP contribution >= 0.6 is 23.2 Å². The number of benzene rings is 2. The SMILES string of the molecule is O=C(COc1ccccc1Cl)N1CCN(c2ccc(Cl)cc2[N+](=O)[O-])CC1. The van der Waals surface area contributed by atoms with Crippen molar-refractivity contribution in [2.45, 2.75) is 0 Å². The minimum Gasteiger partial charge on any atom is -0.482 e. The molecule has 0 spiro atoms. The maximum absolute atomic E-state index is 12.4. The van der Waals surface area contributed by atoms with Gasteiger partial charge >= 0.3 is 0 Å². The molecule has 0 radical (unpaired) electrons. The van der Waals surface area contributed by atoms with Crippen LogP contribution in [0.2, 0.25) is 10.0 Å². The van der Waals surface area contributed by atoms with E-state index < -0.39 is 4.92 Å². The second-order valence-corrected chi connectivity index (χ2v) is 6.82. The van der Waals surface area contributed by atoms with E-state index in [4.69, 9.17) is 27.9 Å². The molecule has 2 aromatic rings. The van der Waals surface area contributed by atoms with Crippen molar-refractivity contribution in [2.75, 3.05) is 37.7 Å². The van der Waals surface area contributed by atoms with Crippen LogP contribution in [0.3, 0.4) is 0 Å². The van der Waals surface area contributed by atoms with Crippen LogP contribution in [0, 0.1) is 10.1 Å². The Labute approximate surface area is 166 Å². The van der Waals surface area contributed by atoms with E-state index in [1.165, 1.54) is 6.07 Å². The maximum Gasteiger partial charge on any atom is 0.294 e. The summed E-state index contributed by atoms with van der Waals surface area (Å²) in [6.07, 6.45) is 0. The Balaban J connectivity index is 1.58. The first-order valence-corrected chi connectivity index (χ1v) is 9.05. The molecule has 0 aliphatic carbocycles. The van der Waals surface area contributed by atoms with Gasteiger partial charge in [-0.2, -0.15) is 0 Å². The van der Waals surface area contributed by atoms with Gasteiger partial charge in [0.15, 0.2) is 6.61 Å². The number of ether oxygens (including phenoxy) is 1. The number of piperazine rings is 1. The summed E-state index contributed by atoms with van der Waals surface area (Å²) in [5.41, 5.74) is 0.466. The third-order valence-electron chi connectivity index (χ3n) is 4.30. The van der Waals surface area contributed by atoms with Crippen molar-refractivity contribution < 1.29 is 14.5 Å². The number of para-hydroxylation sites is 1. The molecule has 1 amide bonds. The van der Waals surface area contributed by atoms with E-state index in [1.807, 2.05) is 4.90 Å². The van der Waals surface area contributed by atoms with E-state index in [-0.39, 0.29) is 18.2 Å². The van der Waals surface area contributed by atoms with E-state index in [0.29, 0.717) is 47.7 Å². The molecular formula is C18H17Cl2N3O4. The summed E-state index contributed by atoms with van der Waals surface area (Å²) < 4.78 is 5.49. The van der Waals surface area contributed by atoms with E-state index >= 15 is 0 Å². The van der Waals surface area contributed by atoms with Gasteiger partial charge in [0.05, 0.1) is 9.95 Å². The Kier molecular flexibility index (Phi) is 6.03. The first kappa shape index (κ1) is 19.3. The second-order valence-electron chi connectivity index (χ2n) is 5.98. The van der Waals surface area contributed by atoms with Crippen molar-refractivity contribution in [1.82, 2.24) is 4.90 Å². The lowest BCUT2D eigenvalue weighted by Gasteiger charge is -2.35. The monoisotopic (exact) mass is 409 g/mol. The Hall–Kier alpha value is -2.51.